The van der Waals surface area contributed by atoms with Crippen LogP contribution in [0.25, 0.3) is 0 Å². The van der Waals surface area contributed by atoms with E-state index < -0.39 is 6.04 Å². The van der Waals surface area contributed by atoms with Crippen molar-refractivity contribution in [3.05, 3.63) is 101 Å². The molecule has 4 nitrogen and oxygen atoms in total. The van der Waals surface area contributed by atoms with Gasteiger partial charge in [-0.25, -0.2) is 4.39 Å². The zero-order valence-electron chi connectivity index (χ0n) is 20.5. The van der Waals surface area contributed by atoms with E-state index in [2.05, 4.69) is 5.32 Å². The van der Waals surface area contributed by atoms with E-state index in [-0.39, 0.29) is 35.8 Å². The predicted molar refractivity (Wildman–Crippen MR) is 141 cm³/mol. The van der Waals surface area contributed by atoms with Gasteiger partial charge < -0.3 is 10.2 Å². The molecule has 0 spiro atoms. The lowest BCUT2D eigenvalue weighted by Crippen LogP contribution is -2.51. The summed E-state index contributed by atoms with van der Waals surface area (Å²) in [5, 5.41) is 3.01. The SMILES string of the molecule is Cc1ccc(SCC(=O)N(Cc2ccc(F)cc2)[C@H](Cc2ccccc2)C(=O)NCC(C)C)cc1. The van der Waals surface area contributed by atoms with E-state index in [0.717, 1.165) is 21.6 Å². The highest BCUT2D eigenvalue weighted by molar-refractivity contribution is 8.00. The minimum Gasteiger partial charge on any atom is -0.354 e. The number of carbonyl (C=O) groups is 2. The van der Waals surface area contributed by atoms with Crippen molar-refractivity contribution in [1.29, 1.82) is 0 Å². The number of nitrogens with zero attached hydrogens (tertiary/aromatic N) is 1. The molecule has 0 saturated heterocycles. The Bertz CT molecular complexity index is 1090. The highest BCUT2D eigenvalue weighted by Gasteiger charge is 2.30. The van der Waals surface area contributed by atoms with Crippen LogP contribution < -0.4 is 5.32 Å². The van der Waals surface area contributed by atoms with Crippen LogP contribution in [0.2, 0.25) is 0 Å². The minimum absolute atomic E-state index is 0.138. The van der Waals surface area contributed by atoms with Crippen LogP contribution in [0.4, 0.5) is 4.39 Å². The van der Waals surface area contributed by atoms with Crippen LogP contribution in [0, 0.1) is 18.7 Å². The fraction of sp³-hybridized carbons (Fsp3) is 0.310. The summed E-state index contributed by atoms with van der Waals surface area (Å²) in [4.78, 5) is 29.6. The standard InChI is InChI=1S/C29H33FN2O2S/c1-21(2)18-31-29(34)27(17-23-7-5-4-6-8-23)32(19-24-11-13-25(30)14-12-24)28(33)20-35-26-15-9-22(3)10-16-26/h4-16,21,27H,17-20H2,1-3H3,(H,31,34)/t27-/m1/s1. The van der Waals surface area contributed by atoms with E-state index in [4.69, 9.17) is 0 Å². The molecule has 6 heteroatoms. The number of carbonyl (C=O) groups excluding carboxylic acids is 2. The van der Waals surface area contributed by atoms with Gasteiger partial charge in [0.25, 0.3) is 0 Å². The molecular formula is C29H33FN2O2S. The molecule has 0 aliphatic carbocycles. The third-order valence-corrected chi connectivity index (χ3v) is 6.60. The maximum atomic E-state index is 13.6. The van der Waals surface area contributed by atoms with Crippen LogP contribution in [0.1, 0.15) is 30.5 Å². The molecule has 0 bridgehead atoms. The van der Waals surface area contributed by atoms with Crippen molar-refractivity contribution in [2.75, 3.05) is 12.3 Å². The van der Waals surface area contributed by atoms with Crippen molar-refractivity contribution < 1.29 is 14.0 Å². The van der Waals surface area contributed by atoms with E-state index in [9.17, 15) is 14.0 Å². The Balaban J connectivity index is 1.88. The maximum Gasteiger partial charge on any atom is 0.243 e. The fourth-order valence-corrected chi connectivity index (χ4v) is 4.41. The first kappa shape index (κ1) is 26.5. The molecule has 0 radical (unpaired) electrons. The zero-order chi connectivity index (χ0) is 25.2. The predicted octanol–water partition coefficient (Wildman–Crippen LogP) is 5.64. The second-order valence-corrected chi connectivity index (χ2v) is 10.1. The molecule has 0 unspecified atom stereocenters. The summed E-state index contributed by atoms with van der Waals surface area (Å²) < 4.78 is 13.5. The quantitative estimate of drug-likeness (QED) is 0.353. The summed E-state index contributed by atoms with van der Waals surface area (Å²) >= 11 is 1.45. The molecule has 0 heterocycles. The highest BCUT2D eigenvalue weighted by Crippen LogP contribution is 2.22. The molecule has 0 aliphatic heterocycles. The Morgan fingerprint density at radius 3 is 2.20 bits per heavy atom. The van der Waals surface area contributed by atoms with Crippen molar-refractivity contribution in [3.8, 4) is 0 Å². The van der Waals surface area contributed by atoms with Gasteiger partial charge in [0.15, 0.2) is 0 Å². The summed E-state index contributed by atoms with van der Waals surface area (Å²) in [6, 6.07) is 23.1. The number of thioether (sulfide) groups is 1. The Morgan fingerprint density at radius 2 is 1.57 bits per heavy atom. The van der Waals surface area contributed by atoms with Crippen LogP contribution in [-0.2, 0) is 22.6 Å². The second-order valence-electron chi connectivity index (χ2n) is 9.09. The molecule has 0 aliphatic rings. The largest absolute Gasteiger partial charge is 0.354 e. The third-order valence-electron chi connectivity index (χ3n) is 5.61. The molecule has 2 amide bonds. The lowest BCUT2D eigenvalue weighted by Gasteiger charge is -2.31. The number of nitrogens with one attached hydrogen (secondary N) is 1. The first-order valence-corrected chi connectivity index (χ1v) is 12.9. The van der Waals surface area contributed by atoms with E-state index in [1.165, 1.54) is 23.9 Å². The molecule has 3 aromatic carbocycles. The van der Waals surface area contributed by atoms with Crippen LogP contribution in [0.5, 0.6) is 0 Å². The Labute approximate surface area is 211 Å². The van der Waals surface area contributed by atoms with Crippen molar-refractivity contribution in [2.45, 2.75) is 44.7 Å². The molecule has 3 aromatic rings. The fourth-order valence-electron chi connectivity index (χ4n) is 3.63. The first-order valence-electron chi connectivity index (χ1n) is 11.9. The van der Waals surface area contributed by atoms with Gasteiger partial charge in [0.2, 0.25) is 11.8 Å². The summed E-state index contributed by atoms with van der Waals surface area (Å²) in [6.07, 6.45) is 0.396. The monoisotopic (exact) mass is 492 g/mol. The summed E-state index contributed by atoms with van der Waals surface area (Å²) in [5.41, 5.74) is 2.90. The van der Waals surface area contributed by atoms with Gasteiger partial charge >= 0.3 is 0 Å². The molecular weight excluding hydrogens is 459 g/mol. The maximum absolute atomic E-state index is 13.6. The summed E-state index contributed by atoms with van der Waals surface area (Å²) in [6.45, 7) is 6.84. The van der Waals surface area contributed by atoms with Crippen molar-refractivity contribution in [1.82, 2.24) is 10.2 Å². The van der Waals surface area contributed by atoms with Crippen LogP contribution in [0.15, 0.2) is 83.8 Å². The molecule has 3 rings (SSSR count). The Hall–Kier alpha value is -3.12. The van der Waals surface area contributed by atoms with Crippen molar-refractivity contribution in [2.24, 2.45) is 5.92 Å². The molecule has 0 saturated carbocycles. The third kappa shape index (κ3) is 8.55. The molecule has 184 valence electrons. The lowest BCUT2D eigenvalue weighted by atomic mass is 10.0. The van der Waals surface area contributed by atoms with E-state index >= 15 is 0 Å². The van der Waals surface area contributed by atoms with E-state index in [1.54, 1.807) is 17.0 Å². The number of hydrogen-bond acceptors (Lipinski definition) is 3. The van der Waals surface area contributed by atoms with E-state index in [1.807, 2.05) is 75.4 Å². The van der Waals surface area contributed by atoms with E-state index in [0.29, 0.717) is 13.0 Å². The molecule has 1 N–H and O–H groups in total. The number of rotatable bonds is 11. The van der Waals surface area contributed by atoms with Crippen LogP contribution in [-0.4, -0.2) is 35.1 Å². The number of aryl methyl sites for hydroxylation is 1. The van der Waals surface area contributed by atoms with Crippen LogP contribution >= 0.6 is 11.8 Å². The smallest absolute Gasteiger partial charge is 0.243 e. The molecule has 0 aromatic heterocycles. The Morgan fingerprint density at radius 1 is 0.914 bits per heavy atom. The molecule has 0 fully saturated rings. The number of benzene rings is 3. The van der Waals surface area contributed by atoms with Gasteiger partial charge in [0, 0.05) is 24.4 Å². The normalized spacial score (nSPS) is 11.8. The van der Waals surface area contributed by atoms with Gasteiger partial charge in [-0.2, -0.15) is 0 Å². The van der Waals surface area contributed by atoms with Crippen molar-refractivity contribution >= 4 is 23.6 Å². The van der Waals surface area contributed by atoms with Gasteiger partial charge in [-0.05, 0) is 48.2 Å². The highest BCUT2D eigenvalue weighted by atomic mass is 32.2. The first-order chi connectivity index (χ1) is 16.8. The van der Waals surface area contributed by atoms with Crippen molar-refractivity contribution in [3.63, 3.8) is 0 Å². The zero-order valence-corrected chi connectivity index (χ0v) is 21.4. The van der Waals surface area contributed by atoms with Crippen LogP contribution in [0.3, 0.4) is 0 Å². The van der Waals surface area contributed by atoms with Gasteiger partial charge in [-0.1, -0.05) is 74.0 Å². The second kappa shape index (κ2) is 13.1. The number of amides is 2. The Kier molecular flexibility index (Phi) is 9.91. The topological polar surface area (TPSA) is 49.4 Å². The number of hydrogen-bond donors (Lipinski definition) is 1. The summed E-state index contributed by atoms with van der Waals surface area (Å²) in [5.74, 6) is -0.168. The minimum atomic E-state index is -0.688. The lowest BCUT2D eigenvalue weighted by molar-refractivity contribution is -0.139. The summed E-state index contributed by atoms with van der Waals surface area (Å²) in [7, 11) is 0. The van der Waals surface area contributed by atoms with Gasteiger partial charge in [-0.3, -0.25) is 9.59 Å². The van der Waals surface area contributed by atoms with Gasteiger partial charge in [-0.15, -0.1) is 11.8 Å². The average Bonchev–Trinajstić information content (AvgIpc) is 2.86. The number of halogens is 1. The van der Waals surface area contributed by atoms with Gasteiger partial charge in [0.05, 0.1) is 5.75 Å². The average molecular weight is 493 g/mol. The molecule has 35 heavy (non-hydrogen) atoms. The van der Waals surface area contributed by atoms with Gasteiger partial charge in [0.1, 0.15) is 11.9 Å². The molecule has 1 atom stereocenters.